The quantitative estimate of drug-likeness (QED) is 0.381. The van der Waals surface area contributed by atoms with E-state index in [0.29, 0.717) is 11.5 Å². The predicted molar refractivity (Wildman–Crippen MR) is 131 cm³/mol. The van der Waals surface area contributed by atoms with Crippen LogP contribution in [0.1, 0.15) is 28.4 Å². The fraction of sp³-hybridized carbons (Fsp3) is 0.308. The molecule has 3 aromatic rings. The third-order valence-electron chi connectivity index (χ3n) is 5.19. The van der Waals surface area contributed by atoms with Crippen molar-refractivity contribution in [2.45, 2.75) is 26.3 Å². The number of carbonyl (C=O) groups is 3. The van der Waals surface area contributed by atoms with Crippen LogP contribution in [0.5, 0.6) is 11.5 Å². The molecule has 1 N–H and O–H groups in total. The Kier molecular flexibility index (Phi) is 9.44. The molecule has 0 spiro atoms. The van der Waals surface area contributed by atoms with E-state index in [1.807, 2.05) is 0 Å². The number of carbonyl (C=O) groups excluding carboxylic acids is 3. The van der Waals surface area contributed by atoms with E-state index in [1.165, 1.54) is 10.9 Å². The third-order valence-corrected chi connectivity index (χ3v) is 5.19. The van der Waals surface area contributed by atoms with Crippen LogP contribution in [0, 0.1) is 0 Å². The van der Waals surface area contributed by atoms with E-state index >= 15 is 0 Å². The standard InChI is InChI=1S/C26H29N3O7/c1-4-35-26(32)22-17-27-29(13-14-36-24(31)16-19-7-11-21(34-3)12-8-19)25(22)28-23(30)15-18-5-9-20(33-2)10-6-18/h5-12,17H,4,13-16H2,1-3H3,(H,28,30). The summed E-state index contributed by atoms with van der Waals surface area (Å²) in [5, 5.41) is 6.92. The average Bonchev–Trinajstić information content (AvgIpc) is 3.27. The molecule has 10 nitrogen and oxygen atoms in total. The van der Waals surface area contributed by atoms with Crippen LogP contribution < -0.4 is 14.8 Å². The Bertz CT molecular complexity index is 1170. The minimum Gasteiger partial charge on any atom is -0.497 e. The first kappa shape index (κ1) is 26.3. The maximum atomic E-state index is 12.7. The van der Waals surface area contributed by atoms with Gasteiger partial charge in [0.2, 0.25) is 5.91 Å². The van der Waals surface area contributed by atoms with Gasteiger partial charge in [-0.3, -0.25) is 9.59 Å². The van der Waals surface area contributed by atoms with Gasteiger partial charge in [0, 0.05) is 0 Å². The van der Waals surface area contributed by atoms with Crippen LogP contribution in [0.3, 0.4) is 0 Å². The number of rotatable bonds is 12. The first-order valence-corrected chi connectivity index (χ1v) is 11.4. The maximum Gasteiger partial charge on any atom is 0.343 e. The molecule has 1 heterocycles. The number of aromatic nitrogens is 2. The van der Waals surface area contributed by atoms with Gasteiger partial charge in [-0.05, 0) is 42.3 Å². The smallest absolute Gasteiger partial charge is 0.343 e. The Morgan fingerprint density at radius 2 is 1.44 bits per heavy atom. The molecule has 0 unspecified atom stereocenters. The second kappa shape index (κ2) is 12.9. The highest BCUT2D eigenvalue weighted by atomic mass is 16.5. The van der Waals surface area contributed by atoms with Crippen LogP contribution in [0.15, 0.2) is 54.7 Å². The van der Waals surface area contributed by atoms with Crippen molar-refractivity contribution in [2.75, 3.05) is 32.8 Å². The van der Waals surface area contributed by atoms with Crippen molar-refractivity contribution >= 4 is 23.7 Å². The monoisotopic (exact) mass is 495 g/mol. The van der Waals surface area contributed by atoms with Crippen molar-refractivity contribution in [3.8, 4) is 11.5 Å². The molecule has 0 radical (unpaired) electrons. The summed E-state index contributed by atoms with van der Waals surface area (Å²) >= 11 is 0. The van der Waals surface area contributed by atoms with Crippen LogP contribution >= 0.6 is 0 Å². The van der Waals surface area contributed by atoms with E-state index in [1.54, 1.807) is 69.7 Å². The first-order chi connectivity index (χ1) is 17.4. The fourth-order valence-electron chi connectivity index (χ4n) is 3.36. The van der Waals surface area contributed by atoms with E-state index in [4.69, 9.17) is 18.9 Å². The van der Waals surface area contributed by atoms with Gasteiger partial charge >= 0.3 is 11.9 Å². The Labute approximate surface area is 209 Å². The van der Waals surface area contributed by atoms with Gasteiger partial charge in [0.25, 0.3) is 0 Å². The highest BCUT2D eigenvalue weighted by Crippen LogP contribution is 2.18. The number of methoxy groups -OCH3 is 2. The van der Waals surface area contributed by atoms with Gasteiger partial charge in [0.1, 0.15) is 29.5 Å². The number of benzene rings is 2. The summed E-state index contributed by atoms with van der Waals surface area (Å²) < 4.78 is 22.1. The number of ether oxygens (including phenoxy) is 4. The van der Waals surface area contributed by atoms with E-state index in [2.05, 4.69) is 10.4 Å². The zero-order chi connectivity index (χ0) is 25.9. The zero-order valence-electron chi connectivity index (χ0n) is 20.5. The van der Waals surface area contributed by atoms with Crippen LogP contribution in [-0.4, -0.2) is 55.1 Å². The molecule has 0 aliphatic rings. The molecule has 0 fully saturated rings. The molecule has 0 saturated carbocycles. The molecule has 0 saturated heterocycles. The molecular formula is C26H29N3O7. The van der Waals surface area contributed by atoms with Crippen LogP contribution in [-0.2, 0) is 38.4 Å². The molecule has 1 amide bonds. The first-order valence-electron chi connectivity index (χ1n) is 11.4. The molecule has 2 aromatic carbocycles. The second-order valence-corrected chi connectivity index (χ2v) is 7.67. The van der Waals surface area contributed by atoms with Gasteiger partial charge in [-0.1, -0.05) is 24.3 Å². The lowest BCUT2D eigenvalue weighted by Gasteiger charge is -2.12. The Morgan fingerprint density at radius 1 is 0.861 bits per heavy atom. The molecule has 0 atom stereocenters. The topological polar surface area (TPSA) is 118 Å². The molecule has 0 bridgehead atoms. The van der Waals surface area contributed by atoms with E-state index < -0.39 is 11.9 Å². The predicted octanol–water partition coefficient (Wildman–Crippen LogP) is 3.04. The lowest BCUT2D eigenvalue weighted by molar-refractivity contribution is -0.143. The number of nitrogens with zero attached hydrogens (tertiary/aromatic N) is 2. The fourth-order valence-corrected chi connectivity index (χ4v) is 3.36. The van der Waals surface area contributed by atoms with Crippen molar-refractivity contribution in [3.05, 3.63) is 71.4 Å². The maximum absolute atomic E-state index is 12.7. The lowest BCUT2D eigenvalue weighted by Crippen LogP contribution is -2.21. The normalized spacial score (nSPS) is 10.4. The van der Waals surface area contributed by atoms with E-state index in [-0.39, 0.29) is 49.9 Å². The number of esters is 2. The molecule has 1 aromatic heterocycles. The number of amides is 1. The van der Waals surface area contributed by atoms with Gasteiger partial charge in [0.05, 0.1) is 46.4 Å². The number of hydrogen-bond donors (Lipinski definition) is 1. The lowest BCUT2D eigenvalue weighted by atomic mass is 10.1. The van der Waals surface area contributed by atoms with E-state index in [9.17, 15) is 14.4 Å². The van der Waals surface area contributed by atoms with Crippen molar-refractivity contribution in [1.82, 2.24) is 9.78 Å². The summed E-state index contributed by atoms with van der Waals surface area (Å²) in [6.45, 7) is 1.99. The summed E-state index contributed by atoms with van der Waals surface area (Å²) in [5.41, 5.74) is 1.67. The van der Waals surface area contributed by atoms with Crippen LogP contribution in [0.25, 0.3) is 0 Å². The summed E-state index contributed by atoms with van der Waals surface area (Å²) in [7, 11) is 3.14. The van der Waals surface area contributed by atoms with Gasteiger partial charge in [-0.25, -0.2) is 9.48 Å². The summed E-state index contributed by atoms with van der Waals surface area (Å²) in [5.74, 6) is 0.193. The van der Waals surface area contributed by atoms with Crippen molar-refractivity contribution < 1.29 is 33.3 Å². The molecule has 0 aliphatic heterocycles. The Balaban J connectivity index is 1.63. The molecule has 36 heavy (non-hydrogen) atoms. The zero-order valence-corrected chi connectivity index (χ0v) is 20.5. The number of nitrogens with one attached hydrogen (secondary N) is 1. The van der Waals surface area contributed by atoms with Gasteiger partial charge < -0.3 is 24.3 Å². The highest BCUT2D eigenvalue weighted by Gasteiger charge is 2.21. The third kappa shape index (κ3) is 7.33. The van der Waals surface area contributed by atoms with E-state index in [0.717, 1.165) is 11.1 Å². The minimum atomic E-state index is -0.611. The van der Waals surface area contributed by atoms with Crippen LogP contribution in [0.2, 0.25) is 0 Å². The minimum absolute atomic E-state index is 0.000282. The van der Waals surface area contributed by atoms with Crippen molar-refractivity contribution in [2.24, 2.45) is 0 Å². The number of hydrogen-bond acceptors (Lipinski definition) is 8. The summed E-state index contributed by atoms with van der Waals surface area (Å²) in [6, 6.07) is 14.2. The molecule has 0 aliphatic carbocycles. The van der Waals surface area contributed by atoms with Gasteiger partial charge in [0.15, 0.2) is 0 Å². The average molecular weight is 496 g/mol. The molecule has 190 valence electrons. The molecular weight excluding hydrogens is 466 g/mol. The van der Waals surface area contributed by atoms with Crippen molar-refractivity contribution in [1.29, 1.82) is 0 Å². The second-order valence-electron chi connectivity index (χ2n) is 7.67. The summed E-state index contributed by atoms with van der Waals surface area (Å²) in [6.07, 6.45) is 1.50. The van der Waals surface area contributed by atoms with Crippen molar-refractivity contribution in [3.63, 3.8) is 0 Å². The van der Waals surface area contributed by atoms with Gasteiger partial charge in [-0.2, -0.15) is 5.10 Å². The largest absolute Gasteiger partial charge is 0.497 e. The number of anilines is 1. The molecule has 3 rings (SSSR count). The molecule has 10 heteroatoms. The Hall–Kier alpha value is -4.34. The Morgan fingerprint density at radius 3 is 2.00 bits per heavy atom. The highest BCUT2D eigenvalue weighted by molar-refractivity contribution is 6.00. The SMILES string of the molecule is CCOC(=O)c1cnn(CCOC(=O)Cc2ccc(OC)cc2)c1NC(=O)Cc1ccc(OC)cc1. The van der Waals surface area contributed by atoms with Crippen LogP contribution in [0.4, 0.5) is 5.82 Å². The van der Waals surface area contributed by atoms with Gasteiger partial charge in [-0.15, -0.1) is 0 Å². The summed E-state index contributed by atoms with van der Waals surface area (Å²) in [4.78, 5) is 37.3.